The van der Waals surface area contributed by atoms with Crippen LogP contribution in [-0.4, -0.2) is 60.2 Å². The van der Waals surface area contributed by atoms with Crippen molar-refractivity contribution < 1.29 is 27.4 Å². The summed E-state index contributed by atoms with van der Waals surface area (Å²) < 4.78 is 43.0. The molecule has 0 radical (unpaired) electrons. The minimum absolute atomic E-state index is 0.0498. The number of sulfonamides is 1. The molecule has 33 heavy (non-hydrogen) atoms. The molecule has 0 saturated carbocycles. The van der Waals surface area contributed by atoms with Crippen LogP contribution in [0.1, 0.15) is 22.3 Å². The zero-order chi connectivity index (χ0) is 24.0. The number of ether oxygens (including phenoxy) is 3. The van der Waals surface area contributed by atoms with E-state index < -0.39 is 10.0 Å². The van der Waals surface area contributed by atoms with E-state index >= 15 is 0 Å². The Morgan fingerprint density at radius 3 is 2.21 bits per heavy atom. The maximum atomic E-state index is 12.9. The van der Waals surface area contributed by atoms with Crippen molar-refractivity contribution in [2.45, 2.75) is 11.3 Å². The van der Waals surface area contributed by atoms with Gasteiger partial charge in [0.15, 0.2) is 0 Å². The van der Waals surface area contributed by atoms with Gasteiger partial charge in [0.2, 0.25) is 10.0 Å². The number of rotatable bonds is 8. The van der Waals surface area contributed by atoms with E-state index in [0.29, 0.717) is 42.3 Å². The number of hydrogen-bond acceptors (Lipinski definition) is 6. The van der Waals surface area contributed by atoms with Crippen LogP contribution in [0.15, 0.2) is 47.4 Å². The first kappa shape index (κ1) is 24.2. The van der Waals surface area contributed by atoms with Crippen LogP contribution in [0.2, 0.25) is 0 Å². The summed E-state index contributed by atoms with van der Waals surface area (Å²) in [7, 11) is 1.04. The van der Waals surface area contributed by atoms with E-state index in [2.05, 4.69) is 10.6 Å². The minimum Gasteiger partial charge on any atom is -0.496 e. The molecule has 0 aliphatic carbocycles. The summed E-state index contributed by atoms with van der Waals surface area (Å²) in [4.78, 5) is 14.7. The van der Waals surface area contributed by atoms with Gasteiger partial charge >= 0.3 is 0 Å². The fraction of sp³-hybridized carbons (Fsp3) is 0.292. The van der Waals surface area contributed by atoms with Crippen molar-refractivity contribution in [1.29, 1.82) is 0 Å². The maximum Gasteiger partial charge on any atom is 0.254 e. The van der Waals surface area contributed by atoms with Gasteiger partial charge in [-0.1, -0.05) is 12.0 Å². The molecular weight excluding hydrogens is 444 g/mol. The van der Waals surface area contributed by atoms with Crippen LogP contribution in [0.25, 0.3) is 5.57 Å². The van der Waals surface area contributed by atoms with Gasteiger partial charge in [-0.25, -0.2) is 8.42 Å². The zero-order valence-corrected chi connectivity index (χ0v) is 19.6. The van der Waals surface area contributed by atoms with E-state index in [-0.39, 0.29) is 17.3 Å². The molecular formula is C24H26N2O6S. The molecule has 0 atom stereocenters. The summed E-state index contributed by atoms with van der Waals surface area (Å²) in [6.07, 6.45) is 7.67. The van der Waals surface area contributed by atoms with E-state index in [1.54, 1.807) is 38.4 Å². The Kier molecular flexibility index (Phi) is 7.63. The summed E-state index contributed by atoms with van der Waals surface area (Å²) in [6, 6.07) is 9.38. The second-order valence-electron chi connectivity index (χ2n) is 7.19. The maximum absolute atomic E-state index is 12.9. The molecule has 174 valence electrons. The van der Waals surface area contributed by atoms with Crippen LogP contribution in [0.5, 0.6) is 17.2 Å². The molecule has 0 saturated heterocycles. The highest BCUT2D eigenvalue weighted by Gasteiger charge is 2.24. The first-order chi connectivity index (χ1) is 15.8. The first-order valence-electron chi connectivity index (χ1n) is 10.2. The molecule has 0 fully saturated rings. The summed E-state index contributed by atoms with van der Waals surface area (Å²) in [5, 5.41) is 0. The number of nitrogens with zero attached hydrogens (tertiary/aromatic N) is 1. The Morgan fingerprint density at radius 2 is 1.73 bits per heavy atom. The largest absolute Gasteiger partial charge is 0.496 e. The fourth-order valence-electron chi connectivity index (χ4n) is 3.58. The van der Waals surface area contributed by atoms with Crippen molar-refractivity contribution >= 4 is 21.5 Å². The van der Waals surface area contributed by atoms with Crippen LogP contribution in [0.3, 0.4) is 0 Å². The predicted octanol–water partition coefficient (Wildman–Crippen LogP) is 2.55. The van der Waals surface area contributed by atoms with Gasteiger partial charge in [0.1, 0.15) is 17.2 Å². The highest BCUT2D eigenvalue weighted by molar-refractivity contribution is 7.89. The average Bonchev–Trinajstić information content (AvgIpc) is 2.86. The van der Waals surface area contributed by atoms with Crippen LogP contribution >= 0.6 is 0 Å². The van der Waals surface area contributed by atoms with Crippen LogP contribution in [-0.2, 0) is 10.0 Å². The highest BCUT2D eigenvalue weighted by atomic mass is 32.2. The van der Waals surface area contributed by atoms with Crippen molar-refractivity contribution in [2.24, 2.45) is 0 Å². The summed E-state index contributed by atoms with van der Waals surface area (Å²) in [6.45, 7) is 0.790. The normalized spacial score (nSPS) is 13.6. The number of carbonyl (C=O) groups excluding carboxylic acids is 1. The average molecular weight is 471 g/mol. The van der Waals surface area contributed by atoms with Gasteiger partial charge in [-0.05, 0) is 36.3 Å². The first-order valence-corrected chi connectivity index (χ1v) is 11.6. The molecule has 0 bridgehead atoms. The smallest absolute Gasteiger partial charge is 0.254 e. The second-order valence-corrected chi connectivity index (χ2v) is 8.96. The van der Waals surface area contributed by atoms with Crippen molar-refractivity contribution in [2.75, 3.05) is 41.0 Å². The molecule has 0 spiro atoms. The molecule has 0 aromatic heterocycles. The lowest BCUT2D eigenvalue weighted by molar-refractivity contribution is 0.0772. The van der Waals surface area contributed by atoms with Crippen LogP contribution < -0.4 is 18.9 Å². The summed E-state index contributed by atoms with van der Waals surface area (Å²) in [5.74, 6) is 3.93. The van der Waals surface area contributed by atoms with Crippen LogP contribution in [0.4, 0.5) is 0 Å². The quantitative estimate of drug-likeness (QED) is 0.596. The highest BCUT2D eigenvalue weighted by Crippen LogP contribution is 2.40. The Hall–Kier alpha value is -3.48. The SMILES string of the molecule is C#CCNS(=O)(=O)c1ccc(C(=O)N2CC=C(c3c(OC)cc(OC)cc3OC)CC2)cc1. The molecule has 8 nitrogen and oxygen atoms in total. The number of hydrogen-bond donors (Lipinski definition) is 1. The molecule has 0 unspecified atom stereocenters. The lowest BCUT2D eigenvalue weighted by Gasteiger charge is -2.28. The molecule has 1 heterocycles. The molecule has 1 amide bonds. The Morgan fingerprint density at radius 1 is 1.09 bits per heavy atom. The van der Waals surface area contributed by atoms with Gasteiger partial charge in [-0.2, -0.15) is 4.72 Å². The topological polar surface area (TPSA) is 94.2 Å². The van der Waals surface area contributed by atoms with Gasteiger partial charge < -0.3 is 19.1 Å². The lowest BCUT2D eigenvalue weighted by atomic mass is 9.96. The van der Waals surface area contributed by atoms with Crippen molar-refractivity contribution in [1.82, 2.24) is 9.62 Å². The van der Waals surface area contributed by atoms with E-state index in [9.17, 15) is 13.2 Å². The fourth-order valence-corrected chi connectivity index (χ4v) is 4.52. The van der Waals surface area contributed by atoms with Gasteiger partial charge in [0.25, 0.3) is 5.91 Å². The number of terminal acetylenes is 1. The van der Waals surface area contributed by atoms with E-state index in [1.165, 1.54) is 24.3 Å². The number of benzene rings is 2. The number of amides is 1. The third-order valence-electron chi connectivity index (χ3n) is 5.31. The monoisotopic (exact) mass is 470 g/mol. The standard InChI is InChI=1S/C24H26N2O6S/c1-5-12-25-33(28,29)20-8-6-18(7-9-20)24(27)26-13-10-17(11-14-26)23-21(31-3)15-19(30-2)16-22(23)32-4/h1,6-10,15-16,25H,11-14H2,2-4H3. The zero-order valence-electron chi connectivity index (χ0n) is 18.8. The van der Waals surface area contributed by atoms with Gasteiger partial charge in [-0.3, -0.25) is 4.79 Å². The number of nitrogens with one attached hydrogen (secondary N) is 1. The van der Waals surface area contributed by atoms with Crippen molar-refractivity contribution in [3.8, 4) is 29.6 Å². The predicted molar refractivity (Wildman–Crippen MR) is 125 cm³/mol. The molecule has 1 N–H and O–H groups in total. The van der Waals surface area contributed by atoms with E-state index in [4.69, 9.17) is 20.6 Å². The van der Waals surface area contributed by atoms with Crippen molar-refractivity contribution in [3.63, 3.8) is 0 Å². The number of carbonyl (C=O) groups is 1. The Bertz CT molecular complexity index is 1170. The second kappa shape index (κ2) is 10.4. The van der Waals surface area contributed by atoms with Gasteiger partial charge in [0.05, 0.1) is 38.3 Å². The summed E-state index contributed by atoms with van der Waals surface area (Å²) >= 11 is 0. The summed E-state index contributed by atoms with van der Waals surface area (Å²) in [5.41, 5.74) is 2.25. The number of methoxy groups -OCH3 is 3. The Balaban J connectivity index is 1.78. The molecule has 1 aliphatic heterocycles. The lowest BCUT2D eigenvalue weighted by Crippen LogP contribution is -2.34. The van der Waals surface area contributed by atoms with E-state index in [0.717, 1.165) is 11.1 Å². The third kappa shape index (κ3) is 5.30. The Labute approximate surface area is 194 Å². The van der Waals surface area contributed by atoms with Crippen LogP contribution in [0, 0.1) is 12.3 Å². The molecule has 3 rings (SSSR count). The van der Waals surface area contributed by atoms with E-state index in [1.807, 2.05) is 6.08 Å². The minimum atomic E-state index is -3.71. The van der Waals surface area contributed by atoms with Gasteiger partial charge in [-0.15, -0.1) is 6.42 Å². The molecule has 2 aromatic rings. The van der Waals surface area contributed by atoms with Gasteiger partial charge in [0, 0.05) is 30.8 Å². The third-order valence-corrected chi connectivity index (χ3v) is 6.73. The molecule has 1 aliphatic rings. The molecule has 9 heteroatoms. The molecule has 2 aromatic carbocycles. The van der Waals surface area contributed by atoms with Crippen molar-refractivity contribution in [3.05, 3.63) is 53.6 Å².